The van der Waals surface area contributed by atoms with Gasteiger partial charge >= 0.3 is 0 Å². The van der Waals surface area contributed by atoms with Crippen LogP contribution in [0.2, 0.25) is 0 Å². The molecule has 0 aliphatic rings. The fourth-order valence-electron chi connectivity index (χ4n) is 1.92. The van der Waals surface area contributed by atoms with Gasteiger partial charge in [0.1, 0.15) is 5.75 Å². The molecule has 2 aromatic carbocycles. The molecule has 90 valence electrons. The summed E-state index contributed by atoms with van der Waals surface area (Å²) in [5.41, 5.74) is 0. The highest BCUT2D eigenvalue weighted by Crippen LogP contribution is 2.35. The van der Waals surface area contributed by atoms with E-state index < -0.39 is 0 Å². The SMILES string of the molecule is Oc1ccc(SCc2cccs2)c2ccccc12. The van der Waals surface area contributed by atoms with E-state index >= 15 is 0 Å². The van der Waals surface area contributed by atoms with Crippen LogP contribution >= 0.6 is 23.1 Å². The van der Waals surface area contributed by atoms with Crippen LogP contribution in [0.4, 0.5) is 0 Å². The zero-order valence-corrected chi connectivity index (χ0v) is 11.3. The van der Waals surface area contributed by atoms with Crippen LogP contribution in [0, 0.1) is 0 Å². The molecule has 0 spiro atoms. The third-order valence-electron chi connectivity index (χ3n) is 2.81. The number of fused-ring (bicyclic) bond motifs is 1. The van der Waals surface area contributed by atoms with E-state index in [1.54, 1.807) is 17.4 Å². The number of benzene rings is 2. The standard InChI is InChI=1S/C15H12OS2/c16-14-7-8-15(13-6-2-1-5-12(13)14)18-10-11-4-3-9-17-11/h1-9,16H,10H2. The van der Waals surface area contributed by atoms with Crippen LogP contribution in [0.1, 0.15) is 4.88 Å². The normalized spacial score (nSPS) is 10.9. The molecule has 18 heavy (non-hydrogen) atoms. The van der Waals surface area contributed by atoms with Gasteiger partial charge in [-0.15, -0.1) is 23.1 Å². The van der Waals surface area contributed by atoms with Crippen molar-refractivity contribution in [3.63, 3.8) is 0 Å². The highest BCUT2D eigenvalue weighted by molar-refractivity contribution is 7.98. The lowest BCUT2D eigenvalue weighted by Crippen LogP contribution is -1.80. The minimum Gasteiger partial charge on any atom is -0.507 e. The van der Waals surface area contributed by atoms with Crippen molar-refractivity contribution in [3.05, 3.63) is 58.8 Å². The molecule has 0 radical (unpaired) electrons. The third kappa shape index (κ3) is 2.24. The predicted molar refractivity (Wildman–Crippen MR) is 79.5 cm³/mol. The average molecular weight is 272 g/mol. The number of aromatic hydroxyl groups is 1. The Morgan fingerprint density at radius 2 is 1.78 bits per heavy atom. The fourth-order valence-corrected chi connectivity index (χ4v) is 3.75. The van der Waals surface area contributed by atoms with E-state index in [9.17, 15) is 5.11 Å². The predicted octanol–water partition coefficient (Wildman–Crippen LogP) is 4.90. The van der Waals surface area contributed by atoms with Crippen molar-refractivity contribution < 1.29 is 5.11 Å². The summed E-state index contributed by atoms with van der Waals surface area (Å²) in [6.45, 7) is 0. The van der Waals surface area contributed by atoms with E-state index in [-0.39, 0.29) is 0 Å². The van der Waals surface area contributed by atoms with E-state index in [1.165, 1.54) is 9.77 Å². The lowest BCUT2D eigenvalue weighted by molar-refractivity contribution is 0.481. The molecule has 0 saturated carbocycles. The maximum Gasteiger partial charge on any atom is 0.123 e. The first-order valence-corrected chi connectivity index (χ1v) is 7.57. The summed E-state index contributed by atoms with van der Waals surface area (Å²) >= 11 is 3.60. The second-order valence-corrected chi connectivity index (χ2v) is 6.05. The number of rotatable bonds is 3. The van der Waals surface area contributed by atoms with Crippen molar-refractivity contribution in [3.8, 4) is 5.75 Å². The van der Waals surface area contributed by atoms with Crippen LogP contribution in [0.5, 0.6) is 5.75 Å². The number of hydrogen-bond acceptors (Lipinski definition) is 3. The monoisotopic (exact) mass is 272 g/mol. The highest BCUT2D eigenvalue weighted by atomic mass is 32.2. The smallest absolute Gasteiger partial charge is 0.123 e. The van der Waals surface area contributed by atoms with Gasteiger partial charge in [-0.1, -0.05) is 30.3 Å². The number of thioether (sulfide) groups is 1. The molecular formula is C15H12OS2. The maximum absolute atomic E-state index is 9.84. The van der Waals surface area contributed by atoms with Crippen LogP contribution in [0.3, 0.4) is 0 Å². The molecule has 0 aliphatic heterocycles. The van der Waals surface area contributed by atoms with Crippen molar-refractivity contribution in [1.82, 2.24) is 0 Å². The summed E-state index contributed by atoms with van der Waals surface area (Å²) in [7, 11) is 0. The molecule has 1 heterocycles. The Morgan fingerprint density at radius 3 is 2.56 bits per heavy atom. The van der Waals surface area contributed by atoms with Gasteiger partial charge in [0.2, 0.25) is 0 Å². The molecule has 1 aromatic heterocycles. The maximum atomic E-state index is 9.84. The van der Waals surface area contributed by atoms with E-state index in [0.717, 1.165) is 16.5 Å². The Bertz CT molecular complexity index is 659. The summed E-state index contributed by atoms with van der Waals surface area (Å²) in [5.74, 6) is 1.33. The molecule has 3 heteroatoms. The van der Waals surface area contributed by atoms with E-state index in [1.807, 2.05) is 36.0 Å². The molecule has 0 atom stereocenters. The molecule has 1 N–H and O–H groups in total. The van der Waals surface area contributed by atoms with Crippen molar-refractivity contribution in [1.29, 1.82) is 0 Å². The Morgan fingerprint density at radius 1 is 0.944 bits per heavy atom. The molecule has 0 saturated heterocycles. The van der Waals surface area contributed by atoms with Crippen LogP contribution in [0.25, 0.3) is 10.8 Å². The number of thiophene rings is 1. The fraction of sp³-hybridized carbons (Fsp3) is 0.0667. The van der Waals surface area contributed by atoms with Crippen LogP contribution in [0.15, 0.2) is 58.8 Å². The number of phenolic OH excluding ortho intramolecular Hbond substituents is 1. The average Bonchev–Trinajstić information content (AvgIpc) is 2.92. The van der Waals surface area contributed by atoms with E-state index in [4.69, 9.17) is 0 Å². The number of phenols is 1. The Balaban J connectivity index is 1.94. The van der Waals surface area contributed by atoms with Gasteiger partial charge in [0, 0.05) is 20.9 Å². The second kappa shape index (κ2) is 5.04. The van der Waals surface area contributed by atoms with Gasteiger partial charge in [-0.3, -0.25) is 0 Å². The highest BCUT2D eigenvalue weighted by Gasteiger charge is 2.05. The summed E-state index contributed by atoms with van der Waals surface area (Å²) < 4.78 is 0. The van der Waals surface area contributed by atoms with E-state index in [0.29, 0.717) is 5.75 Å². The first-order valence-electron chi connectivity index (χ1n) is 5.70. The summed E-state index contributed by atoms with van der Waals surface area (Å²) in [4.78, 5) is 2.59. The van der Waals surface area contributed by atoms with Crippen molar-refractivity contribution in [2.45, 2.75) is 10.6 Å². The Hall–Kier alpha value is -1.45. The largest absolute Gasteiger partial charge is 0.507 e. The minimum atomic E-state index is 0.353. The lowest BCUT2D eigenvalue weighted by Gasteiger charge is -2.07. The zero-order valence-electron chi connectivity index (χ0n) is 9.67. The third-order valence-corrected chi connectivity index (χ3v) is 4.99. The van der Waals surface area contributed by atoms with Crippen LogP contribution in [-0.4, -0.2) is 5.11 Å². The molecular weight excluding hydrogens is 260 g/mol. The first kappa shape index (κ1) is 11.6. The van der Waals surface area contributed by atoms with Gasteiger partial charge < -0.3 is 5.11 Å². The van der Waals surface area contributed by atoms with E-state index in [2.05, 4.69) is 23.6 Å². The quantitative estimate of drug-likeness (QED) is 0.684. The van der Waals surface area contributed by atoms with Gasteiger partial charge in [0.05, 0.1) is 0 Å². The molecule has 1 nitrogen and oxygen atoms in total. The molecule has 0 aliphatic carbocycles. The first-order chi connectivity index (χ1) is 8.84. The van der Waals surface area contributed by atoms with Crippen molar-refractivity contribution in [2.75, 3.05) is 0 Å². The van der Waals surface area contributed by atoms with Crippen LogP contribution < -0.4 is 0 Å². The summed E-state index contributed by atoms with van der Waals surface area (Å²) in [6.07, 6.45) is 0. The van der Waals surface area contributed by atoms with Crippen molar-refractivity contribution >= 4 is 33.9 Å². The minimum absolute atomic E-state index is 0.353. The Kier molecular flexibility index (Phi) is 3.26. The Labute approximate surface area is 114 Å². The van der Waals surface area contributed by atoms with Crippen LogP contribution in [-0.2, 0) is 5.75 Å². The zero-order chi connectivity index (χ0) is 12.4. The van der Waals surface area contributed by atoms with Gasteiger partial charge in [-0.2, -0.15) is 0 Å². The van der Waals surface area contributed by atoms with Gasteiger partial charge in [-0.05, 0) is 29.0 Å². The molecule has 3 rings (SSSR count). The number of hydrogen-bond donors (Lipinski definition) is 1. The van der Waals surface area contributed by atoms with Gasteiger partial charge in [-0.25, -0.2) is 0 Å². The lowest BCUT2D eigenvalue weighted by atomic mass is 10.1. The summed E-state index contributed by atoms with van der Waals surface area (Å²) in [6, 6.07) is 16.0. The topological polar surface area (TPSA) is 20.2 Å². The molecule has 0 fully saturated rings. The molecule has 0 amide bonds. The van der Waals surface area contributed by atoms with Gasteiger partial charge in [0.15, 0.2) is 0 Å². The second-order valence-electron chi connectivity index (χ2n) is 4.00. The summed E-state index contributed by atoms with van der Waals surface area (Å²) in [5, 5.41) is 14.0. The van der Waals surface area contributed by atoms with Crippen molar-refractivity contribution in [2.24, 2.45) is 0 Å². The molecule has 0 unspecified atom stereocenters. The molecule has 0 bridgehead atoms. The van der Waals surface area contributed by atoms with Gasteiger partial charge in [0.25, 0.3) is 0 Å². The molecule has 3 aromatic rings.